The van der Waals surface area contributed by atoms with Gasteiger partial charge < -0.3 is 0 Å². The van der Waals surface area contributed by atoms with Crippen LogP contribution in [0.1, 0.15) is 27.0 Å². The Morgan fingerprint density at radius 2 is 2.27 bits per heavy atom. The minimum absolute atomic E-state index is 0.0438. The summed E-state index contributed by atoms with van der Waals surface area (Å²) in [5, 5.41) is 6.87. The van der Waals surface area contributed by atoms with Gasteiger partial charge in [-0.15, -0.1) is 0 Å². The summed E-state index contributed by atoms with van der Waals surface area (Å²) in [5.41, 5.74) is 2.22. The van der Waals surface area contributed by atoms with Gasteiger partial charge in [0.1, 0.15) is 0 Å². The molecule has 2 rings (SSSR count). The molecule has 1 aliphatic carbocycles. The number of fused-ring (bicyclic) bond motifs is 1. The van der Waals surface area contributed by atoms with Crippen molar-refractivity contribution in [2.75, 3.05) is 0 Å². The molecule has 0 saturated carbocycles. The van der Waals surface area contributed by atoms with Crippen LogP contribution in [0.2, 0.25) is 0 Å². The lowest BCUT2D eigenvalue weighted by atomic mass is 10.0. The van der Waals surface area contributed by atoms with Gasteiger partial charge in [0.25, 0.3) is 0 Å². The van der Waals surface area contributed by atoms with Gasteiger partial charge in [-0.3, -0.25) is 4.79 Å². The molecule has 76 valence electrons. The van der Waals surface area contributed by atoms with E-state index >= 15 is 0 Å². The van der Waals surface area contributed by atoms with Crippen molar-refractivity contribution in [3.63, 3.8) is 0 Å². The maximum Gasteiger partial charge on any atom is 0.204 e. The minimum atomic E-state index is -1.89. The third-order valence-corrected chi connectivity index (χ3v) is 3.06. The number of Topliss-reactive ketones (excluding diaryl/α,β-unsaturated/α-hetero) is 1. The lowest BCUT2D eigenvalue weighted by molar-refractivity contribution is 0.0862. The van der Waals surface area contributed by atoms with Crippen molar-refractivity contribution >= 4 is 15.0 Å². The number of alkyl halides is 1. The summed E-state index contributed by atoms with van der Waals surface area (Å²) in [6.07, 6.45) is 0.0438. The second-order valence-corrected chi connectivity index (χ2v) is 4.72. The van der Waals surface area contributed by atoms with Gasteiger partial charge in [-0.05, 0) is 30.2 Å². The monoisotopic (exact) mass is 221 g/mol. The fraction of sp³-hybridized carbons (Fsp3) is 0.273. The molecule has 4 heteroatoms. The molecule has 1 aliphatic rings. The molecule has 0 radical (unpaired) electrons. The van der Waals surface area contributed by atoms with Gasteiger partial charge in [-0.2, -0.15) is 5.26 Å². The third kappa shape index (κ3) is 1.46. The van der Waals surface area contributed by atoms with Crippen LogP contribution in [0.3, 0.4) is 0 Å². The maximum atomic E-state index is 13.7. The van der Waals surface area contributed by atoms with Crippen LogP contribution in [0.4, 0.5) is 4.39 Å². The number of ketones is 1. The first kappa shape index (κ1) is 10.3. The second-order valence-electron chi connectivity index (χ2n) is 3.81. The Hall–Kier alpha value is -1.26. The first-order valence-electron chi connectivity index (χ1n) is 4.52. The zero-order valence-electron chi connectivity index (χ0n) is 8.17. The topological polar surface area (TPSA) is 40.9 Å². The Labute approximate surface area is 89.3 Å². The Morgan fingerprint density at radius 3 is 2.87 bits per heavy atom. The van der Waals surface area contributed by atoms with E-state index in [1.165, 1.54) is 0 Å². The molecule has 2 atom stereocenters. The fourth-order valence-corrected chi connectivity index (χ4v) is 2.32. The average Bonchev–Trinajstić information content (AvgIpc) is 2.37. The van der Waals surface area contributed by atoms with E-state index in [0.717, 1.165) is 0 Å². The van der Waals surface area contributed by atoms with E-state index in [2.05, 4.69) is 0 Å². The summed E-state index contributed by atoms with van der Waals surface area (Å²) < 4.78 is 13.7. The molecule has 0 spiro atoms. The summed E-state index contributed by atoms with van der Waals surface area (Å²) in [6, 6.07) is 5.20. The van der Waals surface area contributed by atoms with Crippen LogP contribution < -0.4 is 0 Å². The van der Waals surface area contributed by atoms with E-state index in [4.69, 9.17) is 5.26 Å². The third-order valence-electron chi connectivity index (χ3n) is 2.60. The average molecular weight is 221 g/mol. The molecule has 0 amide bonds. The molecule has 0 bridgehead atoms. The Balaban J connectivity index is 2.66. The molecule has 0 aliphatic heterocycles. The van der Waals surface area contributed by atoms with Gasteiger partial charge in [-0.1, -0.05) is 9.24 Å². The molecule has 0 fully saturated rings. The predicted octanol–water partition coefficient (Wildman–Crippen LogP) is 2.15. The van der Waals surface area contributed by atoms with Gasteiger partial charge >= 0.3 is 0 Å². The van der Waals surface area contributed by atoms with Crippen molar-refractivity contribution in [1.82, 2.24) is 0 Å². The van der Waals surface area contributed by atoms with Crippen molar-refractivity contribution in [2.24, 2.45) is 0 Å². The number of aryl methyl sites for hydroxylation is 1. The second kappa shape index (κ2) is 3.12. The molecular formula is C11H9FNOP. The number of carbonyl (C=O) groups is 1. The number of nitrogens with zero attached hydrogens (tertiary/aromatic N) is 1. The maximum absolute atomic E-state index is 13.7. The van der Waals surface area contributed by atoms with Crippen LogP contribution in [-0.4, -0.2) is 11.2 Å². The number of nitriles is 1. The number of hydrogen-bond acceptors (Lipinski definition) is 2. The summed E-state index contributed by atoms with van der Waals surface area (Å²) in [5.74, 6) is -0.496. The highest BCUT2D eigenvalue weighted by molar-refractivity contribution is 7.21. The van der Waals surface area contributed by atoms with Gasteiger partial charge in [-0.25, -0.2) is 4.39 Å². The van der Waals surface area contributed by atoms with E-state index in [9.17, 15) is 9.18 Å². The lowest BCUT2D eigenvalue weighted by Crippen LogP contribution is -2.21. The normalized spacial score (nSPS) is 23.7. The van der Waals surface area contributed by atoms with Crippen LogP contribution in [0, 0.1) is 18.3 Å². The van der Waals surface area contributed by atoms with E-state index in [-0.39, 0.29) is 6.42 Å². The summed E-state index contributed by atoms with van der Waals surface area (Å²) in [4.78, 5) is 11.7. The molecule has 2 unspecified atom stereocenters. The van der Waals surface area contributed by atoms with Crippen molar-refractivity contribution < 1.29 is 9.18 Å². The van der Waals surface area contributed by atoms with Crippen LogP contribution >= 0.6 is 9.24 Å². The number of carbonyl (C=O) groups excluding carboxylic acids is 1. The van der Waals surface area contributed by atoms with E-state index in [1.54, 1.807) is 19.1 Å². The summed E-state index contributed by atoms with van der Waals surface area (Å²) in [6.45, 7) is 1.73. The van der Waals surface area contributed by atoms with Crippen molar-refractivity contribution in [3.8, 4) is 6.07 Å². The molecule has 0 heterocycles. The molecular weight excluding hydrogens is 212 g/mol. The summed E-state index contributed by atoms with van der Waals surface area (Å²) in [7, 11) is 1.95. The number of hydrogen-bond donors (Lipinski definition) is 0. The zero-order valence-corrected chi connectivity index (χ0v) is 9.33. The highest BCUT2D eigenvalue weighted by Crippen LogP contribution is 2.39. The quantitative estimate of drug-likeness (QED) is 0.630. The molecule has 0 N–H and O–H groups in total. The van der Waals surface area contributed by atoms with Crippen LogP contribution in [0.15, 0.2) is 12.1 Å². The van der Waals surface area contributed by atoms with Crippen LogP contribution in [-0.2, 0) is 6.42 Å². The van der Waals surface area contributed by atoms with Crippen molar-refractivity contribution in [1.29, 1.82) is 5.26 Å². The smallest absolute Gasteiger partial charge is 0.204 e. The van der Waals surface area contributed by atoms with Crippen molar-refractivity contribution in [3.05, 3.63) is 34.4 Å². The molecule has 2 nitrogen and oxygen atoms in total. The summed E-state index contributed by atoms with van der Waals surface area (Å²) >= 11 is 0. The van der Waals surface area contributed by atoms with Gasteiger partial charge in [0.15, 0.2) is 5.41 Å². The highest BCUT2D eigenvalue weighted by atomic mass is 31.0. The van der Waals surface area contributed by atoms with E-state index in [1.807, 2.05) is 15.3 Å². The SMILES string of the molecule is Cc1cc(C#N)cc2c1C(=O)C(F)(P)C2. The van der Waals surface area contributed by atoms with Gasteiger partial charge in [0.2, 0.25) is 5.78 Å². The molecule has 1 aromatic carbocycles. The first-order valence-corrected chi connectivity index (χ1v) is 5.09. The van der Waals surface area contributed by atoms with Crippen LogP contribution in [0.5, 0.6) is 0 Å². The van der Waals surface area contributed by atoms with E-state index in [0.29, 0.717) is 22.3 Å². The van der Waals surface area contributed by atoms with Gasteiger partial charge in [0.05, 0.1) is 11.6 Å². The fourth-order valence-electron chi connectivity index (χ4n) is 1.95. The molecule has 15 heavy (non-hydrogen) atoms. The van der Waals surface area contributed by atoms with E-state index < -0.39 is 11.2 Å². The van der Waals surface area contributed by atoms with Gasteiger partial charge in [0, 0.05) is 12.0 Å². The Morgan fingerprint density at radius 1 is 1.60 bits per heavy atom. The largest absolute Gasteiger partial charge is 0.290 e. The van der Waals surface area contributed by atoms with Crippen molar-refractivity contribution in [2.45, 2.75) is 18.8 Å². The zero-order chi connectivity index (χ0) is 11.2. The standard InChI is InChI=1S/C11H9FNOP/c1-6-2-7(5-13)3-8-4-11(12,15)10(14)9(6)8/h2-3H,4,15H2,1H3. The Kier molecular flexibility index (Phi) is 2.13. The number of rotatable bonds is 0. The molecule has 0 saturated heterocycles. The highest BCUT2D eigenvalue weighted by Gasteiger charge is 2.43. The first-order chi connectivity index (χ1) is 6.95. The van der Waals surface area contributed by atoms with Crippen LogP contribution in [0.25, 0.3) is 0 Å². The number of benzene rings is 1. The molecule has 0 aromatic heterocycles. The lowest BCUT2D eigenvalue weighted by Gasteiger charge is -2.08. The predicted molar refractivity (Wildman–Crippen MR) is 57.5 cm³/mol. The number of halogens is 1. The Bertz CT molecular complexity index is 502. The molecule has 1 aromatic rings. The minimum Gasteiger partial charge on any atom is -0.290 e.